The first-order valence-corrected chi connectivity index (χ1v) is 13.8. The Kier molecular flexibility index (Phi) is 7.66. The average Bonchev–Trinajstić information content (AvgIpc) is 2.95. The maximum absolute atomic E-state index is 12.2. The van der Waals surface area contributed by atoms with E-state index in [0.717, 1.165) is 0 Å². The summed E-state index contributed by atoms with van der Waals surface area (Å²) in [5, 5.41) is 36.1. The zero-order valence-electron chi connectivity index (χ0n) is 22.2. The number of anilines is 4. The van der Waals surface area contributed by atoms with E-state index in [1.54, 1.807) is 60.7 Å². The normalized spacial score (nSPS) is 12.2. The molecule has 0 aliphatic heterocycles. The van der Waals surface area contributed by atoms with Crippen molar-refractivity contribution in [2.45, 2.75) is 4.90 Å². The lowest BCUT2D eigenvalue weighted by Crippen LogP contribution is -1.99. The molecule has 0 spiro atoms. The van der Waals surface area contributed by atoms with Crippen molar-refractivity contribution in [2.24, 2.45) is 30.7 Å². The number of phenolic OH excluding ortho intramolecular Hbond substituents is 1. The standard InChI is InChI=1S/C28H24N10O4S/c29-16-5-8-24(22(31)11-16)36-33-18-2-1-3-19(13-18)35-38-27-26(43(40,41)42)10-15-4-7-20(14-21(15)28(27)39)34-37-25-9-6-17(30)12-23(25)32/h1-14,39H,29-32H2,(H,40,41,42). The quantitative estimate of drug-likeness (QED) is 0.0626. The Balaban J connectivity index is 1.50. The second-order valence-electron chi connectivity index (χ2n) is 9.21. The topological polar surface area (TPSA) is 253 Å². The molecule has 216 valence electrons. The van der Waals surface area contributed by atoms with Crippen molar-refractivity contribution >= 4 is 77.8 Å². The third kappa shape index (κ3) is 6.53. The third-order valence-corrected chi connectivity index (χ3v) is 6.93. The molecular weight excluding hydrogens is 572 g/mol. The molecule has 5 aromatic rings. The molecule has 10 N–H and O–H groups in total. The summed E-state index contributed by atoms with van der Waals surface area (Å²) in [6.07, 6.45) is 0. The van der Waals surface area contributed by atoms with Crippen LogP contribution in [0.5, 0.6) is 5.75 Å². The first kappa shape index (κ1) is 28.6. The molecule has 0 amide bonds. The van der Waals surface area contributed by atoms with Gasteiger partial charge in [-0.15, -0.1) is 15.3 Å². The summed E-state index contributed by atoms with van der Waals surface area (Å²) in [6.45, 7) is 0. The highest BCUT2D eigenvalue weighted by Crippen LogP contribution is 2.43. The van der Waals surface area contributed by atoms with Crippen molar-refractivity contribution in [2.75, 3.05) is 22.9 Å². The van der Waals surface area contributed by atoms with Crippen LogP contribution in [0.1, 0.15) is 0 Å². The van der Waals surface area contributed by atoms with Crippen LogP contribution in [0.25, 0.3) is 10.8 Å². The minimum absolute atomic E-state index is 0.187. The Morgan fingerprint density at radius 1 is 0.581 bits per heavy atom. The molecular formula is C28H24N10O4S. The molecule has 0 heterocycles. The lowest BCUT2D eigenvalue weighted by atomic mass is 10.1. The maximum atomic E-state index is 12.2. The van der Waals surface area contributed by atoms with Crippen LogP contribution in [0.2, 0.25) is 0 Å². The molecule has 0 aromatic heterocycles. The van der Waals surface area contributed by atoms with E-state index in [2.05, 4.69) is 30.7 Å². The van der Waals surface area contributed by atoms with Crippen LogP contribution < -0.4 is 22.9 Å². The highest BCUT2D eigenvalue weighted by atomic mass is 32.2. The molecule has 0 unspecified atom stereocenters. The molecule has 0 bridgehead atoms. The first-order chi connectivity index (χ1) is 20.5. The number of nitrogens with zero attached hydrogens (tertiary/aromatic N) is 6. The molecule has 0 saturated carbocycles. The smallest absolute Gasteiger partial charge is 0.296 e. The fourth-order valence-corrected chi connectivity index (χ4v) is 4.62. The summed E-state index contributed by atoms with van der Waals surface area (Å²) >= 11 is 0. The minimum atomic E-state index is -4.81. The molecule has 0 aliphatic rings. The SMILES string of the molecule is Nc1ccc(N=Nc2cccc(N=Nc3c(S(=O)(=O)O)cc4ccc(N=Nc5ccc(N)cc5N)cc4c3O)c2)c(N)c1. The number of benzene rings is 5. The number of nitrogen functional groups attached to an aromatic ring is 4. The zero-order chi connectivity index (χ0) is 30.7. The van der Waals surface area contributed by atoms with E-state index >= 15 is 0 Å². The van der Waals surface area contributed by atoms with Crippen molar-refractivity contribution in [1.29, 1.82) is 0 Å². The van der Waals surface area contributed by atoms with Gasteiger partial charge in [-0.25, -0.2) is 0 Å². The summed E-state index contributed by atoms with van der Waals surface area (Å²) < 4.78 is 34.3. The minimum Gasteiger partial charge on any atom is -0.505 e. The molecule has 5 rings (SSSR count). The molecule has 0 atom stereocenters. The van der Waals surface area contributed by atoms with Gasteiger partial charge in [-0.1, -0.05) is 12.1 Å². The van der Waals surface area contributed by atoms with Crippen molar-refractivity contribution in [3.63, 3.8) is 0 Å². The van der Waals surface area contributed by atoms with E-state index in [4.69, 9.17) is 22.9 Å². The summed E-state index contributed by atoms with van der Waals surface area (Å²) in [6, 6.07) is 21.7. The number of azo groups is 3. The fourth-order valence-electron chi connectivity index (χ4n) is 3.96. The van der Waals surface area contributed by atoms with Gasteiger partial charge in [0.2, 0.25) is 0 Å². The van der Waals surface area contributed by atoms with Crippen LogP contribution in [0, 0.1) is 0 Å². The number of aromatic hydroxyl groups is 1. The van der Waals surface area contributed by atoms with Gasteiger partial charge < -0.3 is 28.0 Å². The predicted molar refractivity (Wildman–Crippen MR) is 165 cm³/mol. The molecule has 0 radical (unpaired) electrons. The second kappa shape index (κ2) is 11.5. The Labute approximate surface area is 244 Å². The van der Waals surface area contributed by atoms with Gasteiger partial charge in [0, 0.05) is 16.8 Å². The van der Waals surface area contributed by atoms with Gasteiger partial charge >= 0.3 is 0 Å². The fraction of sp³-hybridized carbons (Fsp3) is 0. The van der Waals surface area contributed by atoms with Crippen LogP contribution in [-0.2, 0) is 10.1 Å². The molecule has 14 nitrogen and oxygen atoms in total. The molecule has 43 heavy (non-hydrogen) atoms. The molecule has 15 heteroatoms. The molecule has 0 saturated heterocycles. The van der Waals surface area contributed by atoms with E-state index in [-0.39, 0.29) is 11.1 Å². The predicted octanol–water partition coefficient (Wildman–Crippen LogP) is 7.37. The van der Waals surface area contributed by atoms with E-state index in [9.17, 15) is 18.1 Å². The van der Waals surface area contributed by atoms with Gasteiger partial charge in [-0.2, -0.15) is 23.8 Å². The molecule has 0 fully saturated rings. The summed E-state index contributed by atoms with van der Waals surface area (Å²) in [7, 11) is -4.81. The Bertz CT molecular complexity index is 2080. The number of fused-ring (bicyclic) bond motifs is 1. The Hall–Kier alpha value is -5.93. The molecule has 0 aliphatic carbocycles. The summed E-state index contributed by atoms with van der Waals surface area (Å²) in [5.74, 6) is -0.549. The first-order valence-electron chi connectivity index (χ1n) is 12.4. The van der Waals surface area contributed by atoms with E-state index < -0.39 is 26.5 Å². The highest BCUT2D eigenvalue weighted by molar-refractivity contribution is 7.86. The lowest BCUT2D eigenvalue weighted by molar-refractivity contribution is 0.472. The molecule has 5 aromatic carbocycles. The van der Waals surface area contributed by atoms with E-state index in [1.165, 1.54) is 24.3 Å². The van der Waals surface area contributed by atoms with Crippen LogP contribution in [0.15, 0.2) is 121 Å². The van der Waals surface area contributed by atoms with E-state index in [0.29, 0.717) is 50.9 Å². The Morgan fingerprint density at radius 3 is 1.65 bits per heavy atom. The van der Waals surface area contributed by atoms with Crippen LogP contribution in [0.3, 0.4) is 0 Å². The van der Waals surface area contributed by atoms with Crippen LogP contribution >= 0.6 is 0 Å². The number of hydrogen-bond donors (Lipinski definition) is 6. The van der Waals surface area contributed by atoms with Crippen molar-refractivity contribution in [3.8, 4) is 5.75 Å². The van der Waals surface area contributed by atoms with Crippen molar-refractivity contribution < 1.29 is 18.1 Å². The largest absolute Gasteiger partial charge is 0.505 e. The number of phenols is 1. The summed E-state index contributed by atoms with van der Waals surface area (Å²) in [4.78, 5) is -0.639. The maximum Gasteiger partial charge on any atom is 0.296 e. The highest BCUT2D eigenvalue weighted by Gasteiger charge is 2.22. The summed E-state index contributed by atoms with van der Waals surface area (Å²) in [5.41, 5.74) is 26.2. The zero-order valence-corrected chi connectivity index (χ0v) is 23.0. The van der Waals surface area contributed by atoms with Gasteiger partial charge in [0.05, 0.1) is 28.4 Å². The van der Waals surface area contributed by atoms with E-state index in [1.807, 2.05) is 0 Å². The number of hydrogen-bond acceptors (Lipinski definition) is 13. The van der Waals surface area contributed by atoms with Gasteiger partial charge in [0.1, 0.15) is 22.0 Å². The third-order valence-electron chi connectivity index (χ3n) is 6.06. The van der Waals surface area contributed by atoms with Gasteiger partial charge in [-0.3, -0.25) is 4.55 Å². The number of rotatable bonds is 7. The van der Waals surface area contributed by atoms with Gasteiger partial charge in [0.15, 0.2) is 5.75 Å². The average molecular weight is 597 g/mol. The Morgan fingerprint density at radius 2 is 1.12 bits per heavy atom. The monoisotopic (exact) mass is 596 g/mol. The van der Waals surface area contributed by atoms with Crippen molar-refractivity contribution in [3.05, 3.63) is 84.9 Å². The number of nitrogens with two attached hydrogens (primary N) is 4. The van der Waals surface area contributed by atoms with Gasteiger partial charge in [-0.05, 0) is 78.2 Å². The van der Waals surface area contributed by atoms with Crippen LogP contribution in [-0.4, -0.2) is 18.1 Å². The van der Waals surface area contributed by atoms with Crippen molar-refractivity contribution in [1.82, 2.24) is 0 Å². The second-order valence-corrected chi connectivity index (χ2v) is 10.6. The van der Waals surface area contributed by atoms with Crippen LogP contribution in [0.4, 0.5) is 56.9 Å². The van der Waals surface area contributed by atoms with Gasteiger partial charge in [0.25, 0.3) is 10.1 Å². The lowest BCUT2D eigenvalue weighted by Gasteiger charge is -2.09.